The van der Waals surface area contributed by atoms with Gasteiger partial charge >= 0.3 is 0 Å². The van der Waals surface area contributed by atoms with Crippen molar-refractivity contribution in [1.29, 1.82) is 0 Å². The van der Waals surface area contributed by atoms with Gasteiger partial charge < -0.3 is 15.6 Å². The molecule has 0 spiro atoms. The lowest BCUT2D eigenvalue weighted by atomic mass is 9.82. The number of hydrogen-bond donors (Lipinski definition) is 2. The topological polar surface area (TPSA) is 55.5 Å². The predicted octanol–water partition coefficient (Wildman–Crippen LogP) is 1.85. The second-order valence-electron chi connectivity index (χ2n) is 4.52. The zero-order chi connectivity index (χ0) is 12.3. The highest BCUT2D eigenvalue weighted by Crippen LogP contribution is 2.32. The summed E-state index contributed by atoms with van der Waals surface area (Å²) in [6, 6.07) is 4.18. The van der Waals surface area contributed by atoms with E-state index in [0.717, 1.165) is 0 Å². The molecule has 0 radical (unpaired) electrons. The SMILES string of the molecule is COc1ccc([C@@H](N)C(C)(C)CO)cc1F. The normalized spacial score (nSPS) is 13.6. The van der Waals surface area contributed by atoms with E-state index in [-0.39, 0.29) is 12.4 Å². The third-order valence-corrected chi connectivity index (χ3v) is 2.78. The van der Waals surface area contributed by atoms with Gasteiger partial charge in [-0.25, -0.2) is 4.39 Å². The van der Waals surface area contributed by atoms with Crippen LogP contribution in [0.15, 0.2) is 18.2 Å². The van der Waals surface area contributed by atoms with Gasteiger partial charge in [0.1, 0.15) is 0 Å². The van der Waals surface area contributed by atoms with Gasteiger partial charge in [-0.3, -0.25) is 0 Å². The summed E-state index contributed by atoms with van der Waals surface area (Å²) in [7, 11) is 1.41. The van der Waals surface area contributed by atoms with Crippen molar-refractivity contribution in [3.63, 3.8) is 0 Å². The van der Waals surface area contributed by atoms with Crippen LogP contribution in [0.1, 0.15) is 25.5 Å². The molecule has 0 heterocycles. The van der Waals surface area contributed by atoms with Crippen LogP contribution in [-0.4, -0.2) is 18.8 Å². The summed E-state index contributed by atoms with van der Waals surface area (Å²) in [5.41, 5.74) is 6.14. The first-order valence-corrected chi connectivity index (χ1v) is 5.12. The predicted molar refractivity (Wildman–Crippen MR) is 60.7 cm³/mol. The first-order valence-electron chi connectivity index (χ1n) is 5.12. The fourth-order valence-electron chi connectivity index (χ4n) is 1.43. The summed E-state index contributed by atoms with van der Waals surface area (Å²) in [6.45, 7) is 3.61. The van der Waals surface area contributed by atoms with Gasteiger partial charge in [0.2, 0.25) is 0 Å². The second-order valence-corrected chi connectivity index (χ2v) is 4.52. The molecule has 1 aromatic carbocycles. The lowest BCUT2D eigenvalue weighted by molar-refractivity contribution is 0.132. The maximum atomic E-state index is 13.5. The summed E-state index contributed by atoms with van der Waals surface area (Å²) in [5, 5.41) is 9.20. The maximum absolute atomic E-state index is 13.5. The standard InChI is InChI=1S/C12H18FNO2/c1-12(2,7-15)11(14)8-4-5-10(16-3)9(13)6-8/h4-6,11,15H,7,14H2,1-3H3/t11-/m1/s1. The molecular weight excluding hydrogens is 209 g/mol. The van der Waals surface area contributed by atoms with E-state index in [0.29, 0.717) is 5.56 Å². The van der Waals surface area contributed by atoms with Gasteiger partial charge in [0, 0.05) is 18.1 Å². The molecule has 0 aliphatic rings. The molecule has 0 bridgehead atoms. The Morgan fingerprint density at radius 1 is 1.50 bits per heavy atom. The highest BCUT2D eigenvalue weighted by molar-refractivity contribution is 5.31. The molecule has 16 heavy (non-hydrogen) atoms. The Kier molecular flexibility index (Phi) is 3.88. The van der Waals surface area contributed by atoms with Gasteiger partial charge in [-0.05, 0) is 17.7 Å². The third-order valence-electron chi connectivity index (χ3n) is 2.78. The summed E-state index contributed by atoms with van der Waals surface area (Å²) < 4.78 is 18.3. The van der Waals surface area contributed by atoms with Crippen LogP contribution < -0.4 is 10.5 Å². The summed E-state index contributed by atoms with van der Waals surface area (Å²) in [4.78, 5) is 0. The van der Waals surface area contributed by atoms with Crippen molar-refractivity contribution < 1.29 is 14.2 Å². The number of nitrogens with two attached hydrogens (primary N) is 1. The first-order chi connectivity index (χ1) is 7.42. The summed E-state index contributed by atoms with van der Waals surface area (Å²) in [6.07, 6.45) is 0. The van der Waals surface area contributed by atoms with Crippen LogP contribution >= 0.6 is 0 Å². The van der Waals surface area contributed by atoms with Crippen molar-refractivity contribution in [2.75, 3.05) is 13.7 Å². The minimum atomic E-state index is -0.485. The molecule has 3 N–H and O–H groups in total. The Hall–Kier alpha value is -1.13. The average Bonchev–Trinajstić information content (AvgIpc) is 2.27. The minimum absolute atomic E-state index is 0.0538. The highest BCUT2D eigenvalue weighted by atomic mass is 19.1. The Balaban J connectivity index is 3.02. The molecule has 0 aromatic heterocycles. The molecule has 0 amide bonds. The van der Waals surface area contributed by atoms with Crippen molar-refractivity contribution in [2.45, 2.75) is 19.9 Å². The lowest BCUT2D eigenvalue weighted by Crippen LogP contribution is -2.32. The van der Waals surface area contributed by atoms with E-state index in [2.05, 4.69) is 0 Å². The van der Waals surface area contributed by atoms with Crippen LogP contribution in [0.2, 0.25) is 0 Å². The van der Waals surface area contributed by atoms with Gasteiger partial charge in [0.05, 0.1) is 7.11 Å². The second kappa shape index (κ2) is 4.80. The van der Waals surface area contributed by atoms with E-state index in [1.165, 1.54) is 19.2 Å². The number of aliphatic hydroxyl groups is 1. The lowest BCUT2D eigenvalue weighted by Gasteiger charge is -2.29. The number of benzene rings is 1. The monoisotopic (exact) mass is 227 g/mol. The van der Waals surface area contributed by atoms with E-state index >= 15 is 0 Å². The van der Waals surface area contributed by atoms with Gasteiger partial charge in [0.25, 0.3) is 0 Å². The smallest absolute Gasteiger partial charge is 0.165 e. The van der Waals surface area contributed by atoms with Gasteiger partial charge in [-0.15, -0.1) is 0 Å². The van der Waals surface area contributed by atoms with Crippen molar-refractivity contribution in [3.05, 3.63) is 29.6 Å². The quantitative estimate of drug-likeness (QED) is 0.825. The van der Waals surface area contributed by atoms with Crippen LogP contribution in [0.25, 0.3) is 0 Å². The molecule has 1 atom stereocenters. The van der Waals surface area contributed by atoms with Crippen LogP contribution in [0, 0.1) is 11.2 Å². The fraction of sp³-hybridized carbons (Fsp3) is 0.500. The Bertz CT molecular complexity index is 366. The Morgan fingerprint density at radius 3 is 2.56 bits per heavy atom. The van der Waals surface area contributed by atoms with Gasteiger partial charge in [-0.1, -0.05) is 19.9 Å². The number of aliphatic hydroxyl groups excluding tert-OH is 1. The van der Waals surface area contributed by atoms with Crippen molar-refractivity contribution in [3.8, 4) is 5.75 Å². The van der Waals surface area contributed by atoms with Crippen molar-refractivity contribution >= 4 is 0 Å². The largest absolute Gasteiger partial charge is 0.494 e. The molecule has 3 nitrogen and oxygen atoms in total. The Labute approximate surface area is 95.0 Å². The van der Waals surface area contributed by atoms with Gasteiger partial charge in [0.15, 0.2) is 11.6 Å². The van der Waals surface area contributed by atoms with Crippen LogP contribution in [0.4, 0.5) is 4.39 Å². The van der Waals surface area contributed by atoms with E-state index in [4.69, 9.17) is 10.5 Å². The van der Waals surface area contributed by atoms with Crippen molar-refractivity contribution in [2.24, 2.45) is 11.1 Å². The number of ether oxygens (including phenoxy) is 1. The van der Waals surface area contributed by atoms with E-state index in [1.807, 2.05) is 13.8 Å². The molecule has 0 unspecified atom stereocenters. The zero-order valence-electron chi connectivity index (χ0n) is 9.83. The van der Waals surface area contributed by atoms with Crippen molar-refractivity contribution in [1.82, 2.24) is 0 Å². The molecule has 0 fully saturated rings. The van der Waals surface area contributed by atoms with Crippen LogP contribution in [-0.2, 0) is 0 Å². The highest BCUT2D eigenvalue weighted by Gasteiger charge is 2.27. The van der Waals surface area contributed by atoms with E-state index in [9.17, 15) is 9.50 Å². The summed E-state index contributed by atoms with van der Waals surface area (Å²) in [5.74, 6) is -0.248. The average molecular weight is 227 g/mol. The number of halogens is 1. The fourth-order valence-corrected chi connectivity index (χ4v) is 1.43. The number of rotatable bonds is 4. The Morgan fingerprint density at radius 2 is 2.12 bits per heavy atom. The molecule has 0 aliphatic heterocycles. The molecule has 4 heteroatoms. The van der Waals surface area contributed by atoms with Crippen LogP contribution in [0.3, 0.4) is 0 Å². The van der Waals surface area contributed by atoms with Gasteiger partial charge in [-0.2, -0.15) is 0 Å². The molecule has 90 valence electrons. The molecule has 1 rings (SSSR count). The number of methoxy groups -OCH3 is 1. The molecule has 0 aliphatic carbocycles. The first kappa shape index (κ1) is 12.9. The van der Waals surface area contributed by atoms with Crippen LogP contribution in [0.5, 0.6) is 5.75 Å². The molecule has 0 saturated carbocycles. The maximum Gasteiger partial charge on any atom is 0.165 e. The molecular formula is C12H18FNO2. The third kappa shape index (κ3) is 2.51. The minimum Gasteiger partial charge on any atom is -0.494 e. The molecule has 1 aromatic rings. The number of hydrogen-bond acceptors (Lipinski definition) is 3. The zero-order valence-corrected chi connectivity index (χ0v) is 9.83. The van der Waals surface area contributed by atoms with E-state index < -0.39 is 17.3 Å². The van der Waals surface area contributed by atoms with E-state index in [1.54, 1.807) is 6.07 Å². The summed E-state index contributed by atoms with van der Waals surface area (Å²) >= 11 is 0. The molecule has 0 saturated heterocycles.